The first-order valence-corrected chi connectivity index (χ1v) is 5.72. The molecule has 0 atom stereocenters. The summed E-state index contributed by atoms with van der Waals surface area (Å²) < 4.78 is 0. The van der Waals surface area contributed by atoms with Crippen LogP contribution in [0.2, 0.25) is 0 Å². The van der Waals surface area contributed by atoms with E-state index in [4.69, 9.17) is 0 Å². The van der Waals surface area contributed by atoms with Gasteiger partial charge in [-0.2, -0.15) is 0 Å². The lowest BCUT2D eigenvalue weighted by Crippen LogP contribution is -2.44. The molecule has 0 bridgehead atoms. The number of nitrogens with one attached hydrogen (secondary N) is 2. The highest BCUT2D eigenvalue weighted by molar-refractivity contribution is 7.09. The smallest absolute Gasteiger partial charge is 0.220 e. The van der Waals surface area contributed by atoms with Gasteiger partial charge in [-0.05, 0) is 30.5 Å². The molecule has 1 aromatic heterocycles. The molecule has 2 N–H and O–H groups in total. The lowest BCUT2D eigenvalue weighted by atomic mass is 9.99. The molecule has 1 aliphatic heterocycles. The molecule has 1 amide bonds. The van der Waals surface area contributed by atoms with Crippen LogP contribution in [0.15, 0.2) is 17.5 Å². The van der Waals surface area contributed by atoms with Crippen molar-refractivity contribution in [2.75, 3.05) is 13.1 Å². The lowest BCUT2D eigenvalue weighted by molar-refractivity contribution is -0.122. The molecule has 1 aromatic rings. The SMILES string of the molecule is O=C(CC1CNC1)NCc1cccs1. The number of rotatable bonds is 4. The van der Waals surface area contributed by atoms with Gasteiger partial charge in [0.05, 0.1) is 6.54 Å². The molecule has 76 valence electrons. The molecule has 1 saturated heterocycles. The van der Waals surface area contributed by atoms with Crippen LogP contribution in [-0.4, -0.2) is 19.0 Å². The van der Waals surface area contributed by atoms with E-state index < -0.39 is 0 Å². The number of carbonyl (C=O) groups is 1. The average Bonchev–Trinajstić information content (AvgIpc) is 2.60. The van der Waals surface area contributed by atoms with Crippen LogP contribution < -0.4 is 10.6 Å². The van der Waals surface area contributed by atoms with Gasteiger partial charge in [-0.15, -0.1) is 11.3 Å². The first-order valence-electron chi connectivity index (χ1n) is 4.84. The molecule has 0 aliphatic carbocycles. The normalized spacial score (nSPS) is 16.3. The number of carbonyl (C=O) groups excluding carboxylic acids is 1. The predicted octanol–water partition coefficient (Wildman–Crippen LogP) is 0.974. The fraction of sp³-hybridized carbons (Fsp3) is 0.500. The highest BCUT2D eigenvalue weighted by Crippen LogP contribution is 2.10. The molecule has 0 radical (unpaired) electrons. The van der Waals surface area contributed by atoms with Gasteiger partial charge < -0.3 is 10.6 Å². The number of thiophene rings is 1. The summed E-state index contributed by atoms with van der Waals surface area (Å²) in [4.78, 5) is 12.6. The zero-order valence-corrected chi connectivity index (χ0v) is 8.77. The van der Waals surface area contributed by atoms with E-state index in [0.717, 1.165) is 13.1 Å². The standard InChI is InChI=1S/C10H14N2OS/c13-10(4-8-5-11-6-8)12-7-9-2-1-3-14-9/h1-3,8,11H,4-7H2,(H,12,13). The van der Waals surface area contributed by atoms with Crippen molar-refractivity contribution in [1.29, 1.82) is 0 Å². The molecule has 0 unspecified atom stereocenters. The summed E-state index contributed by atoms with van der Waals surface area (Å²) in [7, 11) is 0. The van der Waals surface area contributed by atoms with E-state index in [2.05, 4.69) is 10.6 Å². The summed E-state index contributed by atoms with van der Waals surface area (Å²) in [6, 6.07) is 4.04. The minimum atomic E-state index is 0.171. The Morgan fingerprint density at radius 1 is 1.64 bits per heavy atom. The zero-order chi connectivity index (χ0) is 9.80. The molecule has 2 rings (SSSR count). The van der Waals surface area contributed by atoms with E-state index in [9.17, 15) is 4.79 Å². The van der Waals surface area contributed by atoms with Crippen LogP contribution in [0.25, 0.3) is 0 Å². The van der Waals surface area contributed by atoms with E-state index >= 15 is 0 Å². The molecule has 0 saturated carbocycles. The van der Waals surface area contributed by atoms with Gasteiger partial charge in [-0.1, -0.05) is 6.07 Å². The Labute approximate surface area is 87.5 Å². The molecule has 0 aromatic carbocycles. The van der Waals surface area contributed by atoms with E-state index in [0.29, 0.717) is 18.9 Å². The average molecular weight is 210 g/mol. The summed E-state index contributed by atoms with van der Waals surface area (Å²) >= 11 is 1.68. The number of amides is 1. The Balaban J connectivity index is 1.67. The van der Waals surface area contributed by atoms with Crippen LogP contribution in [0, 0.1) is 5.92 Å². The van der Waals surface area contributed by atoms with E-state index in [-0.39, 0.29) is 5.91 Å². The first-order chi connectivity index (χ1) is 6.84. The van der Waals surface area contributed by atoms with Crippen LogP contribution in [0.1, 0.15) is 11.3 Å². The lowest BCUT2D eigenvalue weighted by Gasteiger charge is -2.26. The largest absolute Gasteiger partial charge is 0.351 e. The van der Waals surface area contributed by atoms with E-state index in [1.165, 1.54) is 4.88 Å². The number of hydrogen-bond donors (Lipinski definition) is 2. The highest BCUT2D eigenvalue weighted by atomic mass is 32.1. The van der Waals surface area contributed by atoms with Crippen molar-refractivity contribution >= 4 is 17.2 Å². The summed E-state index contributed by atoms with van der Waals surface area (Å²) in [6.45, 7) is 2.66. The molecule has 1 aliphatic rings. The monoisotopic (exact) mass is 210 g/mol. The van der Waals surface area contributed by atoms with Crippen molar-refractivity contribution in [3.63, 3.8) is 0 Å². The highest BCUT2D eigenvalue weighted by Gasteiger charge is 2.19. The van der Waals surface area contributed by atoms with E-state index in [1.807, 2.05) is 17.5 Å². The van der Waals surface area contributed by atoms with Crippen LogP contribution in [0.5, 0.6) is 0 Å². The zero-order valence-electron chi connectivity index (χ0n) is 7.95. The number of hydrogen-bond acceptors (Lipinski definition) is 3. The Bertz CT molecular complexity index is 293. The summed E-state index contributed by atoms with van der Waals surface area (Å²) in [5, 5.41) is 8.11. The molecular formula is C10H14N2OS. The molecule has 3 nitrogen and oxygen atoms in total. The van der Waals surface area contributed by atoms with Crippen molar-refractivity contribution < 1.29 is 4.79 Å². The van der Waals surface area contributed by atoms with Crippen molar-refractivity contribution in [3.05, 3.63) is 22.4 Å². The van der Waals surface area contributed by atoms with Crippen molar-refractivity contribution in [2.45, 2.75) is 13.0 Å². The summed E-state index contributed by atoms with van der Waals surface area (Å²) in [5.74, 6) is 0.725. The maximum absolute atomic E-state index is 11.4. The Hall–Kier alpha value is -0.870. The second-order valence-corrected chi connectivity index (χ2v) is 4.62. The Morgan fingerprint density at radius 3 is 3.07 bits per heavy atom. The quantitative estimate of drug-likeness (QED) is 0.777. The van der Waals surface area contributed by atoms with Crippen molar-refractivity contribution in [3.8, 4) is 0 Å². The van der Waals surface area contributed by atoms with Gasteiger partial charge in [0, 0.05) is 11.3 Å². The summed E-state index contributed by atoms with van der Waals surface area (Å²) in [6.07, 6.45) is 0.665. The van der Waals surface area contributed by atoms with Gasteiger partial charge in [-0.25, -0.2) is 0 Å². The second kappa shape index (κ2) is 4.57. The molecular weight excluding hydrogens is 196 g/mol. The molecule has 0 spiro atoms. The van der Waals surface area contributed by atoms with Gasteiger partial charge >= 0.3 is 0 Å². The third-order valence-electron chi connectivity index (χ3n) is 2.38. The molecule has 14 heavy (non-hydrogen) atoms. The van der Waals surface area contributed by atoms with Crippen LogP contribution in [0.4, 0.5) is 0 Å². The predicted molar refractivity (Wildman–Crippen MR) is 57.1 cm³/mol. The van der Waals surface area contributed by atoms with Gasteiger partial charge in [0.1, 0.15) is 0 Å². The fourth-order valence-corrected chi connectivity index (χ4v) is 2.07. The minimum Gasteiger partial charge on any atom is -0.351 e. The Morgan fingerprint density at radius 2 is 2.50 bits per heavy atom. The molecule has 1 fully saturated rings. The fourth-order valence-electron chi connectivity index (χ4n) is 1.43. The van der Waals surface area contributed by atoms with Crippen molar-refractivity contribution in [1.82, 2.24) is 10.6 Å². The Kier molecular flexibility index (Phi) is 3.16. The van der Waals surface area contributed by atoms with Crippen LogP contribution >= 0.6 is 11.3 Å². The topological polar surface area (TPSA) is 41.1 Å². The van der Waals surface area contributed by atoms with Gasteiger partial charge in [0.2, 0.25) is 5.91 Å². The van der Waals surface area contributed by atoms with Crippen LogP contribution in [-0.2, 0) is 11.3 Å². The first kappa shape index (κ1) is 9.68. The third kappa shape index (κ3) is 2.56. The van der Waals surface area contributed by atoms with Crippen molar-refractivity contribution in [2.24, 2.45) is 5.92 Å². The molecule has 2 heterocycles. The van der Waals surface area contributed by atoms with Gasteiger partial charge in [0.15, 0.2) is 0 Å². The minimum absolute atomic E-state index is 0.171. The maximum Gasteiger partial charge on any atom is 0.220 e. The maximum atomic E-state index is 11.4. The third-order valence-corrected chi connectivity index (χ3v) is 3.26. The van der Waals surface area contributed by atoms with E-state index in [1.54, 1.807) is 11.3 Å². The van der Waals surface area contributed by atoms with Gasteiger partial charge in [0.25, 0.3) is 0 Å². The van der Waals surface area contributed by atoms with Crippen LogP contribution in [0.3, 0.4) is 0 Å². The summed E-state index contributed by atoms with van der Waals surface area (Å²) in [5.41, 5.74) is 0. The second-order valence-electron chi connectivity index (χ2n) is 3.58. The van der Waals surface area contributed by atoms with Gasteiger partial charge in [-0.3, -0.25) is 4.79 Å². The molecule has 4 heteroatoms.